The van der Waals surface area contributed by atoms with Crippen molar-refractivity contribution in [3.63, 3.8) is 0 Å². The lowest BCUT2D eigenvalue weighted by Gasteiger charge is -2.34. The summed E-state index contributed by atoms with van der Waals surface area (Å²) in [5.74, 6) is 0.654. The van der Waals surface area contributed by atoms with Gasteiger partial charge in [-0.3, -0.25) is 4.57 Å². The smallest absolute Gasteiger partial charge is 0.235 e. The molecule has 9 aromatic rings. The van der Waals surface area contributed by atoms with E-state index in [1.165, 1.54) is 31.5 Å². The first kappa shape index (κ1) is 29.8. The number of rotatable bonds is 7. The van der Waals surface area contributed by atoms with E-state index in [1.54, 1.807) is 0 Å². The number of hydrogen-bond acceptors (Lipinski definition) is 2. The van der Waals surface area contributed by atoms with E-state index in [0.29, 0.717) is 5.95 Å². The summed E-state index contributed by atoms with van der Waals surface area (Å²) < 4.78 is 2.21. The van der Waals surface area contributed by atoms with Gasteiger partial charge in [-0.25, -0.2) is 9.97 Å². The number of hydrogen-bond donors (Lipinski definition) is 0. The van der Waals surface area contributed by atoms with Crippen LogP contribution in [0, 0.1) is 0 Å². The van der Waals surface area contributed by atoms with Crippen LogP contribution in [0.3, 0.4) is 0 Å². The number of aromatic nitrogens is 3. The van der Waals surface area contributed by atoms with Crippen LogP contribution in [0.4, 0.5) is 0 Å². The van der Waals surface area contributed by atoms with E-state index < -0.39 is 8.07 Å². The van der Waals surface area contributed by atoms with E-state index in [9.17, 15) is 0 Å². The molecule has 0 N–H and O–H groups in total. The molecule has 236 valence electrons. The lowest BCUT2D eigenvalue weighted by molar-refractivity contribution is 0.996. The van der Waals surface area contributed by atoms with Gasteiger partial charge in [-0.05, 0) is 38.9 Å². The fraction of sp³-hybridized carbons (Fsp3) is 0. The maximum absolute atomic E-state index is 5.38. The summed E-state index contributed by atoms with van der Waals surface area (Å²) in [5, 5.41) is 7.70. The molecular weight excluding hydrogens is 623 g/mol. The quantitative estimate of drug-likeness (QED) is 0.128. The molecule has 9 rings (SSSR count). The van der Waals surface area contributed by atoms with Gasteiger partial charge in [-0.1, -0.05) is 182 Å². The summed E-state index contributed by atoms with van der Waals surface area (Å²) >= 11 is 0. The predicted molar refractivity (Wildman–Crippen MR) is 211 cm³/mol. The van der Waals surface area contributed by atoms with E-state index in [0.717, 1.165) is 33.5 Å². The van der Waals surface area contributed by atoms with Crippen LogP contribution >= 0.6 is 0 Å². The van der Waals surface area contributed by atoms with Gasteiger partial charge in [0.2, 0.25) is 5.95 Å². The Morgan fingerprint density at radius 1 is 0.340 bits per heavy atom. The van der Waals surface area contributed by atoms with E-state index in [4.69, 9.17) is 9.97 Å². The zero-order valence-corrected chi connectivity index (χ0v) is 28.4. The van der Waals surface area contributed by atoms with Gasteiger partial charge in [-0.15, -0.1) is 0 Å². The topological polar surface area (TPSA) is 30.7 Å². The Morgan fingerprint density at radius 3 is 1.26 bits per heavy atom. The largest absolute Gasteiger partial charge is 0.278 e. The maximum atomic E-state index is 5.38. The lowest BCUT2D eigenvalue weighted by atomic mass is 10.1. The third-order valence-corrected chi connectivity index (χ3v) is 14.6. The average molecular weight is 656 g/mol. The highest BCUT2D eigenvalue weighted by Crippen LogP contribution is 2.33. The molecule has 3 nitrogen and oxygen atoms in total. The number of para-hydroxylation sites is 2. The highest BCUT2D eigenvalue weighted by molar-refractivity contribution is 7.19. The number of fused-ring (bicyclic) bond motifs is 3. The zero-order chi connectivity index (χ0) is 33.3. The molecule has 0 radical (unpaired) electrons. The van der Waals surface area contributed by atoms with Gasteiger partial charge >= 0.3 is 0 Å². The van der Waals surface area contributed by atoms with Crippen molar-refractivity contribution in [2.75, 3.05) is 0 Å². The molecule has 0 spiro atoms. The molecule has 2 aromatic heterocycles. The normalized spacial score (nSPS) is 11.6. The number of nitrogens with zero attached hydrogens (tertiary/aromatic N) is 3. The lowest BCUT2D eigenvalue weighted by Crippen LogP contribution is -2.74. The third kappa shape index (κ3) is 4.97. The second-order valence-electron chi connectivity index (χ2n) is 12.6. The molecule has 0 amide bonds. The van der Waals surface area contributed by atoms with Gasteiger partial charge in [0.15, 0.2) is 8.07 Å². The molecular formula is C46H33N3Si. The highest BCUT2D eigenvalue weighted by Gasteiger charge is 2.41. The van der Waals surface area contributed by atoms with E-state index in [2.05, 4.69) is 199 Å². The van der Waals surface area contributed by atoms with Crippen LogP contribution in [-0.4, -0.2) is 22.6 Å². The van der Waals surface area contributed by atoms with Crippen molar-refractivity contribution in [2.24, 2.45) is 0 Å². The standard InChI is InChI=1S/C46H33N3Si/c1-5-18-34(19-6-1)42-33-43(48-46(47-42)49-44-30-15-13-28-40(44)41-29-14-16-31-45(41)49)35-20-17-27-39(32-35)50(36-21-7-2-8-22-36,37-23-9-3-10-24-37)38-25-11-4-12-26-38/h1-33H. The van der Waals surface area contributed by atoms with Crippen molar-refractivity contribution >= 4 is 50.6 Å². The minimum Gasteiger partial charge on any atom is -0.278 e. The Kier molecular flexibility index (Phi) is 7.49. The molecule has 0 unspecified atom stereocenters. The summed E-state index contributed by atoms with van der Waals surface area (Å²) in [6.45, 7) is 0. The Labute approximate surface area is 292 Å². The number of benzene rings is 7. The first-order valence-electron chi connectivity index (χ1n) is 17.0. The SMILES string of the molecule is c1ccc(-c2cc(-c3cccc([Si](c4ccccc4)(c4ccccc4)c4ccccc4)c3)nc(-n3c4ccccc4c4ccccc43)n2)cc1. The van der Waals surface area contributed by atoms with Gasteiger partial charge in [0.05, 0.1) is 22.4 Å². The Balaban J connectivity index is 1.32. The van der Waals surface area contributed by atoms with Crippen LogP contribution in [0.15, 0.2) is 200 Å². The molecule has 0 aliphatic rings. The Hall–Kier alpha value is -6.36. The highest BCUT2D eigenvalue weighted by atomic mass is 28.3. The maximum Gasteiger partial charge on any atom is 0.235 e. The molecule has 7 aromatic carbocycles. The van der Waals surface area contributed by atoms with Crippen LogP contribution in [0.5, 0.6) is 0 Å². The predicted octanol–water partition coefficient (Wildman–Crippen LogP) is 8.29. The molecule has 0 aliphatic carbocycles. The van der Waals surface area contributed by atoms with E-state index in [1.807, 2.05) is 6.07 Å². The molecule has 0 fully saturated rings. The van der Waals surface area contributed by atoms with Gasteiger partial charge in [0.25, 0.3) is 0 Å². The average Bonchev–Trinajstić information content (AvgIpc) is 3.54. The van der Waals surface area contributed by atoms with Gasteiger partial charge in [0, 0.05) is 21.9 Å². The third-order valence-electron chi connectivity index (χ3n) is 9.78. The van der Waals surface area contributed by atoms with Crippen molar-refractivity contribution in [1.82, 2.24) is 14.5 Å². The first-order valence-corrected chi connectivity index (χ1v) is 19.0. The van der Waals surface area contributed by atoms with E-state index in [-0.39, 0.29) is 0 Å². The molecule has 0 atom stereocenters. The Bertz CT molecular complexity index is 2430. The van der Waals surface area contributed by atoms with Crippen LogP contribution < -0.4 is 20.7 Å². The van der Waals surface area contributed by atoms with Crippen molar-refractivity contribution in [1.29, 1.82) is 0 Å². The van der Waals surface area contributed by atoms with Crippen LogP contribution in [0.2, 0.25) is 0 Å². The summed E-state index contributed by atoms with van der Waals surface area (Å²) in [6, 6.07) is 71.9. The first-order chi connectivity index (χ1) is 24.8. The molecule has 0 bridgehead atoms. The molecule has 50 heavy (non-hydrogen) atoms. The van der Waals surface area contributed by atoms with Gasteiger partial charge in [-0.2, -0.15) is 0 Å². The van der Waals surface area contributed by atoms with Crippen molar-refractivity contribution in [3.8, 4) is 28.5 Å². The molecule has 4 heteroatoms. The minimum absolute atomic E-state index is 0.654. The van der Waals surface area contributed by atoms with Crippen LogP contribution in [0.1, 0.15) is 0 Å². The van der Waals surface area contributed by atoms with Crippen molar-refractivity contribution in [2.45, 2.75) is 0 Å². The van der Waals surface area contributed by atoms with Gasteiger partial charge < -0.3 is 0 Å². The molecule has 0 saturated carbocycles. The fourth-order valence-electron chi connectivity index (χ4n) is 7.55. The van der Waals surface area contributed by atoms with Crippen LogP contribution in [-0.2, 0) is 0 Å². The summed E-state index contributed by atoms with van der Waals surface area (Å²) in [6.07, 6.45) is 0. The van der Waals surface area contributed by atoms with Crippen molar-refractivity contribution < 1.29 is 0 Å². The summed E-state index contributed by atoms with van der Waals surface area (Å²) in [7, 11) is -2.73. The second-order valence-corrected chi connectivity index (χ2v) is 16.4. The Morgan fingerprint density at radius 2 is 0.740 bits per heavy atom. The van der Waals surface area contributed by atoms with E-state index >= 15 is 0 Å². The van der Waals surface area contributed by atoms with Crippen molar-refractivity contribution in [3.05, 3.63) is 200 Å². The summed E-state index contributed by atoms with van der Waals surface area (Å²) in [4.78, 5) is 10.6. The second kappa shape index (κ2) is 12.6. The van der Waals surface area contributed by atoms with Gasteiger partial charge in [0.1, 0.15) is 0 Å². The minimum atomic E-state index is -2.73. The molecule has 2 heterocycles. The van der Waals surface area contributed by atoms with Crippen LogP contribution in [0.25, 0.3) is 50.3 Å². The zero-order valence-electron chi connectivity index (χ0n) is 27.4. The summed E-state index contributed by atoms with van der Waals surface area (Å²) in [5.41, 5.74) is 6.05. The molecule has 0 aliphatic heterocycles. The monoisotopic (exact) mass is 655 g/mol. The molecule has 0 saturated heterocycles. The fourth-order valence-corrected chi connectivity index (χ4v) is 12.3.